The molecule has 0 spiro atoms. The Balaban J connectivity index is 1.49. The minimum atomic E-state index is -0.243. The zero-order valence-electron chi connectivity index (χ0n) is 23.4. The zero-order valence-corrected chi connectivity index (χ0v) is 23.4. The topological polar surface area (TPSA) is 145 Å². The number of hydrogen-bond donors (Lipinski definition) is 2. The first-order valence-corrected chi connectivity index (χ1v) is 13.8. The van der Waals surface area contributed by atoms with E-state index in [4.69, 9.17) is 25.0 Å². The Bertz CT molecular complexity index is 1290. The highest BCUT2D eigenvalue weighted by Gasteiger charge is 2.20. The summed E-state index contributed by atoms with van der Waals surface area (Å²) in [5.74, 6) is 1.40. The van der Waals surface area contributed by atoms with Crippen molar-refractivity contribution in [2.45, 2.75) is 71.1 Å². The monoisotopic (exact) mass is 546 g/mol. The lowest BCUT2D eigenvalue weighted by molar-refractivity contribution is 0.0541. The number of nitrogens with one attached hydrogen (secondary N) is 1. The molecule has 0 bridgehead atoms. The summed E-state index contributed by atoms with van der Waals surface area (Å²) in [6, 6.07) is 7.91. The molecule has 2 heterocycles. The number of nitrogens with two attached hydrogens (primary N) is 1. The number of benzene rings is 1. The highest BCUT2D eigenvalue weighted by Crippen LogP contribution is 2.33. The maximum atomic E-state index is 9.51. The molecule has 0 saturated heterocycles. The third-order valence-corrected chi connectivity index (χ3v) is 6.55. The number of nitriles is 1. The maximum absolute atomic E-state index is 9.51. The molecule has 1 fully saturated rings. The Morgan fingerprint density at radius 1 is 1.15 bits per heavy atom. The molecule has 40 heavy (non-hydrogen) atoms. The average molecular weight is 547 g/mol. The van der Waals surface area contributed by atoms with Crippen LogP contribution in [-0.4, -0.2) is 58.1 Å². The predicted octanol–water partition coefficient (Wildman–Crippen LogP) is 5.02. The van der Waals surface area contributed by atoms with Crippen LogP contribution in [0.3, 0.4) is 0 Å². The quantitative estimate of drug-likeness (QED) is 0.171. The van der Waals surface area contributed by atoms with Gasteiger partial charge in [0.25, 0.3) is 5.88 Å². The van der Waals surface area contributed by atoms with Crippen molar-refractivity contribution >= 4 is 18.0 Å². The summed E-state index contributed by atoms with van der Waals surface area (Å²) in [6.45, 7) is 7.13. The van der Waals surface area contributed by atoms with Gasteiger partial charge < -0.3 is 25.3 Å². The van der Waals surface area contributed by atoms with Crippen LogP contribution in [0.1, 0.15) is 64.5 Å². The van der Waals surface area contributed by atoms with Crippen LogP contribution in [0.4, 0.5) is 11.6 Å². The molecule has 0 radical (unpaired) electrons. The molecule has 0 amide bonds. The van der Waals surface area contributed by atoms with E-state index in [1.165, 1.54) is 25.6 Å². The van der Waals surface area contributed by atoms with E-state index >= 15 is 0 Å². The van der Waals surface area contributed by atoms with E-state index in [1.54, 1.807) is 18.5 Å². The number of nitrogens with zero attached hydrogens (tertiary/aromatic N) is 6. The Labute approximate surface area is 235 Å². The van der Waals surface area contributed by atoms with Crippen molar-refractivity contribution in [2.24, 2.45) is 10.7 Å². The van der Waals surface area contributed by atoms with E-state index in [9.17, 15) is 5.26 Å². The lowest BCUT2D eigenvalue weighted by Crippen LogP contribution is -2.16. The number of aliphatic imine (C=N–C) groups is 1. The highest BCUT2D eigenvalue weighted by atomic mass is 16.5. The Kier molecular flexibility index (Phi) is 10.3. The van der Waals surface area contributed by atoms with E-state index in [2.05, 4.69) is 26.3 Å². The fourth-order valence-electron chi connectivity index (χ4n) is 4.54. The molecular formula is C29H38N8O3. The van der Waals surface area contributed by atoms with E-state index < -0.39 is 0 Å². The molecule has 1 aliphatic carbocycles. The second kappa shape index (κ2) is 14.3. The molecule has 0 aliphatic heterocycles. The van der Waals surface area contributed by atoms with Gasteiger partial charge in [0.2, 0.25) is 5.95 Å². The van der Waals surface area contributed by atoms with Crippen molar-refractivity contribution in [3.63, 3.8) is 0 Å². The summed E-state index contributed by atoms with van der Waals surface area (Å²) in [7, 11) is 0. The molecule has 3 N–H and O–H groups in total. The van der Waals surface area contributed by atoms with Crippen molar-refractivity contribution in [3.8, 4) is 28.8 Å². The van der Waals surface area contributed by atoms with E-state index in [0.717, 1.165) is 24.0 Å². The van der Waals surface area contributed by atoms with Crippen LogP contribution < -0.4 is 20.5 Å². The minimum absolute atomic E-state index is 0.139. The fourth-order valence-corrected chi connectivity index (χ4v) is 4.54. The molecule has 1 aromatic carbocycles. The smallest absolute Gasteiger partial charge is 0.257 e. The second-order valence-electron chi connectivity index (χ2n) is 10.1. The fraction of sp³-hybridized carbons (Fsp3) is 0.483. The molecule has 3 aromatic rings. The molecular weight excluding hydrogens is 508 g/mol. The summed E-state index contributed by atoms with van der Waals surface area (Å²) in [5, 5.41) is 17.5. The summed E-state index contributed by atoms with van der Waals surface area (Å²) in [5.41, 5.74) is 8.10. The van der Waals surface area contributed by atoms with Gasteiger partial charge in [-0.25, -0.2) is 9.97 Å². The average Bonchev–Trinajstić information content (AvgIpc) is 3.37. The number of ether oxygens (including phenoxy) is 3. The summed E-state index contributed by atoms with van der Waals surface area (Å²) >= 11 is 0. The largest absolute Gasteiger partial charge is 0.487 e. The number of rotatable bonds is 13. The lowest BCUT2D eigenvalue weighted by atomic mass is 9.96. The van der Waals surface area contributed by atoms with Crippen LogP contribution in [0.5, 0.6) is 11.6 Å². The first-order valence-electron chi connectivity index (χ1n) is 13.8. The van der Waals surface area contributed by atoms with Crippen molar-refractivity contribution in [1.29, 1.82) is 5.26 Å². The second-order valence-corrected chi connectivity index (χ2v) is 10.1. The van der Waals surface area contributed by atoms with Crippen LogP contribution >= 0.6 is 0 Å². The van der Waals surface area contributed by atoms with Gasteiger partial charge in [-0.05, 0) is 51.3 Å². The Hall–Kier alpha value is -4.17. The third-order valence-electron chi connectivity index (χ3n) is 6.55. The van der Waals surface area contributed by atoms with Crippen LogP contribution in [0.15, 0.2) is 41.8 Å². The van der Waals surface area contributed by atoms with Gasteiger partial charge in [-0.2, -0.15) is 5.26 Å². The molecule has 11 nitrogen and oxygen atoms in total. The molecule has 2 aromatic heterocycles. The van der Waals surface area contributed by atoms with Crippen LogP contribution in [-0.2, 0) is 4.74 Å². The molecule has 4 rings (SSSR count). The van der Waals surface area contributed by atoms with Gasteiger partial charge in [0.1, 0.15) is 30.2 Å². The van der Waals surface area contributed by atoms with Crippen molar-refractivity contribution < 1.29 is 14.2 Å². The first-order chi connectivity index (χ1) is 19.5. The van der Waals surface area contributed by atoms with Crippen molar-refractivity contribution in [1.82, 2.24) is 19.7 Å². The summed E-state index contributed by atoms with van der Waals surface area (Å²) in [6.07, 6.45) is 12.5. The molecule has 212 valence electrons. The van der Waals surface area contributed by atoms with Gasteiger partial charge >= 0.3 is 0 Å². The zero-order chi connectivity index (χ0) is 28.3. The molecule has 11 heteroatoms. The third kappa shape index (κ3) is 7.93. The van der Waals surface area contributed by atoms with Crippen molar-refractivity contribution in [3.05, 3.63) is 42.4 Å². The van der Waals surface area contributed by atoms with Gasteiger partial charge in [0.15, 0.2) is 0 Å². The van der Waals surface area contributed by atoms with E-state index in [1.807, 2.05) is 43.8 Å². The minimum Gasteiger partial charge on any atom is -0.487 e. The predicted molar refractivity (Wildman–Crippen MR) is 154 cm³/mol. The molecule has 1 saturated carbocycles. The van der Waals surface area contributed by atoms with Gasteiger partial charge in [-0.15, -0.1) is 5.10 Å². The van der Waals surface area contributed by atoms with E-state index in [-0.39, 0.29) is 12.2 Å². The molecule has 0 unspecified atom stereocenters. The number of hydrogen-bond acceptors (Lipinski definition) is 9. The van der Waals surface area contributed by atoms with Gasteiger partial charge in [0, 0.05) is 18.0 Å². The lowest BCUT2D eigenvalue weighted by Gasteiger charge is -2.21. The Morgan fingerprint density at radius 3 is 2.62 bits per heavy atom. The summed E-state index contributed by atoms with van der Waals surface area (Å²) in [4.78, 5) is 13.1. The van der Waals surface area contributed by atoms with E-state index in [0.29, 0.717) is 54.6 Å². The molecule has 1 atom stereocenters. The normalized spacial score (nSPS) is 14.8. The summed E-state index contributed by atoms with van der Waals surface area (Å²) < 4.78 is 19.6. The number of anilines is 2. The van der Waals surface area contributed by atoms with Gasteiger partial charge in [0.05, 0.1) is 43.4 Å². The SMILES string of the molecule is CC(C)OCCOc1nn(C2CCCCC2)cc1Nc1ncc(-c2ccc(C#N)c(O[C@@H](C)CN=CN)c2)cn1. The number of aromatic nitrogens is 4. The first kappa shape index (κ1) is 28.8. The standard InChI is InChI=1S/C29H38N8O3/c1-20(2)38-11-12-39-28-26(18-37(36-28)25-7-5-4-6-8-25)35-29-33-16-24(17-34-29)22-9-10-23(14-30)27(13-22)40-21(3)15-32-19-31/h9-10,13,16-21,25H,4-8,11-12,15H2,1-3H3,(H2,31,32)(H,33,34,35)/t21-/m0/s1. The van der Waals surface area contributed by atoms with Crippen LogP contribution in [0.2, 0.25) is 0 Å². The van der Waals surface area contributed by atoms with Gasteiger partial charge in [-0.1, -0.05) is 25.3 Å². The highest BCUT2D eigenvalue weighted by molar-refractivity contribution is 5.67. The Morgan fingerprint density at radius 2 is 1.93 bits per heavy atom. The van der Waals surface area contributed by atoms with Crippen molar-refractivity contribution in [2.75, 3.05) is 25.1 Å². The molecule has 1 aliphatic rings. The van der Waals surface area contributed by atoms with Crippen LogP contribution in [0, 0.1) is 11.3 Å². The van der Waals surface area contributed by atoms with Gasteiger partial charge in [-0.3, -0.25) is 9.67 Å². The maximum Gasteiger partial charge on any atom is 0.257 e. The van der Waals surface area contributed by atoms with Crippen LogP contribution in [0.25, 0.3) is 11.1 Å².